The van der Waals surface area contributed by atoms with E-state index in [1.165, 1.54) is 5.56 Å². The Morgan fingerprint density at radius 3 is 2.45 bits per heavy atom. The second kappa shape index (κ2) is 10.9. The molecule has 1 aliphatic heterocycles. The lowest BCUT2D eigenvalue weighted by molar-refractivity contribution is 0.413. The number of fused-ring (bicyclic) bond motifs is 1. The van der Waals surface area contributed by atoms with Gasteiger partial charge >= 0.3 is 0 Å². The SMILES string of the molecule is Clc1ccc(-n2c(-c3ccc(Cl)cc3Cl)nc3c(N4CCC(NCc5cccnc5)CC4)ncnc32)cc1. The molecule has 0 unspecified atom stereocenters. The fraction of sp³-hybridized carbons (Fsp3) is 0.214. The van der Waals surface area contributed by atoms with Crippen LogP contribution in [0.5, 0.6) is 0 Å². The number of anilines is 1. The first-order chi connectivity index (χ1) is 18.6. The highest BCUT2D eigenvalue weighted by molar-refractivity contribution is 6.36. The highest BCUT2D eigenvalue weighted by Crippen LogP contribution is 2.36. The lowest BCUT2D eigenvalue weighted by atomic mass is 10.0. The zero-order valence-electron chi connectivity index (χ0n) is 20.4. The number of nitrogens with zero attached hydrogens (tertiary/aromatic N) is 6. The van der Waals surface area contributed by atoms with Gasteiger partial charge in [0.25, 0.3) is 0 Å². The Hall–Kier alpha value is -3.23. The average molecular weight is 565 g/mol. The quantitative estimate of drug-likeness (QED) is 0.251. The Kier molecular flexibility index (Phi) is 7.17. The third-order valence-electron chi connectivity index (χ3n) is 6.79. The van der Waals surface area contributed by atoms with E-state index in [2.05, 4.69) is 31.2 Å². The maximum absolute atomic E-state index is 6.64. The van der Waals surface area contributed by atoms with Gasteiger partial charge in [-0.15, -0.1) is 0 Å². The number of imidazole rings is 1. The maximum Gasteiger partial charge on any atom is 0.170 e. The van der Waals surface area contributed by atoms with Crippen LogP contribution in [-0.4, -0.2) is 43.6 Å². The second-order valence-corrected chi connectivity index (χ2v) is 10.5. The second-order valence-electron chi connectivity index (χ2n) is 9.24. The summed E-state index contributed by atoms with van der Waals surface area (Å²) in [4.78, 5) is 20.9. The minimum absolute atomic E-state index is 0.429. The lowest BCUT2D eigenvalue weighted by Gasteiger charge is -2.33. The number of hydrogen-bond donors (Lipinski definition) is 1. The number of aromatic nitrogens is 5. The predicted octanol–water partition coefficient (Wildman–Crippen LogP) is 6.60. The summed E-state index contributed by atoms with van der Waals surface area (Å²) < 4.78 is 1.99. The van der Waals surface area contributed by atoms with Gasteiger partial charge in [-0.3, -0.25) is 9.55 Å². The fourth-order valence-corrected chi connectivity index (χ4v) is 5.48. The Balaban J connectivity index is 1.34. The minimum atomic E-state index is 0.429. The van der Waals surface area contributed by atoms with E-state index >= 15 is 0 Å². The molecule has 10 heteroatoms. The van der Waals surface area contributed by atoms with E-state index in [4.69, 9.17) is 39.8 Å². The van der Waals surface area contributed by atoms with Crippen molar-refractivity contribution in [2.24, 2.45) is 0 Å². The van der Waals surface area contributed by atoms with Gasteiger partial charge in [0.05, 0.1) is 5.02 Å². The van der Waals surface area contributed by atoms with Gasteiger partial charge in [0.1, 0.15) is 12.2 Å². The Bertz CT molecular complexity index is 1560. The topological polar surface area (TPSA) is 71.8 Å². The predicted molar refractivity (Wildman–Crippen MR) is 153 cm³/mol. The molecule has 1 aliphatic rings. The summed E-state index contributed by atoms with van der Waals surface area (Å²) in [6.45, 7) is 2.54. The van der Waals surface area contributed by atoms with E-state index in [9.17, 15) is 0 Å². The maximum atomic E-state index is 6.64. The smallest absolute Gasteiger partial charge is 0.170 e. The molecular formula is C28H24Cl3N7. The van der Waals surface area contributed by atoms with Crippen molar-refractivity contribution in [3.05, 3.63) is 93.9 Å². The van der Waals surface area contributed by atoms with Crippen molar-refractivity contribution in [3.63, 3.8) is 0 Å². The van der Waals surface area contributed by atoms with Crippen LogP contribution in [0.2, 0.25) is 15.1 Å². The van der Waals surface area contributed by atoms with Gasteiger partial charge < -0.3 is 10.2 Å². The van der Waals surface area contributed by atoms with Crippen molar-refractivity contribution in [3.8, 4) is 17.1 Å². The highest BCUT2D eigenvalue weighted by atomic mass is 35.5. The standard InChI is InChI=1S/C28H24Cl3N7/c29-19-3-6-22(7-4-19)38-26(23-8-5-20(30)14-24(23)31)36-25-27(34-17-35-28(25)38)37-12-9-21(10-13-37)33-16-18-2-1-11-32-15-18/h1-8,11,14-15,17,21,33H,9-10,12-13,16H2. The van der Waals surface area contributed by atoms with E-state index in [1.807, 2.05) is 53.2 Å². The number of piperidine rings is 1. The van der Waals surface area contributed by atoms with Crippen molar-refractivity contribution in [2.75, 3.05) is 18.0 Å². The summed E-state index contributed by atoms with van der Waals surface area (Å²) in [7, 11) is 0. The molecule has 0 aliphatic carbocycles. The van der Waals surface area contributed by atoms with E-state index in [0.717, 1.165) is 55.1 Å². The van der Waals surface area contributed by atoms with E-state index in [1.54, 1.807) is 18.6 Å². The average Bonchev–Trinajstić information content (AvgIpc) is 3.33. The van der Waals surface area contributed by atoms with Crippen molar-refractivity contribution in [1.82, 2.24) is 29.8 Å². The van der Waals surface area contributed by atoms with Gasteiger partial charge in [0, 0.05) is 59.4 Å². The Morgan fingerprint density at radius 2 is 1.71 bits per heavy atom. The van der Waals surface area contributed by atoms with Crippen LogP contribution in [0, 0.1) is 0 Å². The summed E-state index contributed by atoms with van der Waals surface area (Å²) in [5.74, 6) is 1.48. The van der Waals surface area contributed by atoms with Gasteiger partial charge in [-0.25, -0.2) is 15.0 Å². The molecule has 0 bridgehead atoms. The van der Waals surface area contributed by atoms with Crippen LogP contribution < -0.4 is 10.2 Å². The molecule has 6 rings (SSSR count). The first kappa shape index (κ1) is 25.1. The molecule has 192 valence electrons. The van der Waals surface area contributed by atoms with E-state index in [0.29, 0.717) is 32.6 Å². The highest BCUT2D eigenvalue weighted by Gasteiger charge is 2.26. The zero-order chi connectivity index (χ0) is 26.1. The van der Waals surface area contributed by atoms with Crippen molar-refractivity contribution >= 4 is 51.8 Å². The summed E-state index contributed by atoms with van der Waals surface area (Å²) in [5.41, 5.74) is 4.25. The normalized spacial score (nSPS) is 14.3. The number of nitrogens with one attached hydrogen (secondary N) is 1. The summed E-state index contributed by atoms with van der Waals surface area (Å²) in [5, 5.41) is 5.39. The van der Waals surface area contributed by atoms with Crippen LogP contribution in [0.25, 0.3) is 28.2 Å². The third kappa shape index (κ3) is 5.07. The molecule has 4 heterocycles. The minimum Gasteiger partial charge on any atom is -0.355 e. The summed E-state index contributed by atoms with van der Waals surface area (Å²) >= 11 is 19.0. The molecular weight excluding hydrogens is 541 g/mol. The molecule has 7 nitrogen and oxygen atoms in total. The molecule has 2 aromatic carbocycles. The van der Waals surface area contributed by atoms with Crippen molar-refractivity contribution in [1.29, 1.82) is 0 Å². The van der Waals surface area contributed by atoms with Gasteiger partial charge in [-0.05, 0) is 66.9 Å². The molecule has 1 fully saturated rings. The van der Waals surface area contributed by atoms with Gasteiger partial charge in [0.15, 0.2) is 17.0 Å². The molecule has 0 saturated carbocycles. The largest absolute Gasteiger partial charge is 0.355 e. The molecule has 1 N–H and O–H groups in total. The third-order valence-corrected chi connectivity index (χ3v) is 7.59. The van der Waals surface area contributed by atoms with Gasteiger partial charge in [-0.1, -0.05) is 40.9 Å². The lowest BCUT2D eigenvalue weighted by Crippen LogP contribution is -2.42. The summed E-state index contributed by atoms with van der Waals surface area (Å²) in [6, 6.07) is 17.5. The first-order valence-electron chi connectivity index (χ1n) is 12.4. The molecule has 0 amide bonds. The monoisotopic (exact) mass is 563 g/mol. The van der Waals surface area contributed by atoms with Crippen LogP contribution in [0.3, 0.4) is 0 Å². The Morgan fingerprint density at radius 1 is 0.921 bits per heavy atom. The molecule has 5 aromatic rings. The van der Waals surface area contributed by atoms with Crippen molar-refractivity contribution < 1.29 is 0 Å². The fourth-order valence-electron chi connectivity index (χ4n) is 4.86. The molecule has 0 spiro atoms. The molecule has 38 heavy (non-hydrogen) atoms. The number of hydrogen-bond acceptors (Lipinski definition) is 6. The van der Waals surface area contributed by atoms with Crippen LogP contribution in [-0.2, 0) is 6.54 Å². The number of halogens is 3. The van der Waals surface area contributed by atoms with Crippen LogP contribution in [0.1, 0.15) is 18.4 Å². The number of benzene rings is 2. The van der Waals surface area contributed by atoms with Crippen molar-refractivity contribution in [2.45, 2.75) is 25.4 Å². The van der Waals surface area contributed by atoms with Crippen LogP contribution in [0.15, 0.2) is 73.3 Å². The Labute approximate surface area is 235 Å². The van der Waals surface area contributed by atoms with E-state index < -0.39 is 0 Å². The molecule has 0 atom stereocenters. The zero-order valence-corrected chi connectivity index (χ0v) is 22.6. The van der Waals surface area contributed by atoms with Gasteiger partial charge in [-0.2, -0.15) is 0 Å². The number of rotatable bonds is 6. The molecule has 0 radical (unpaired) electrons. The van der Waals surface area contributed by atoms with E-state index in [-0.39, 0.29) is 0 Å². The van der Waals surface area contributed by atoms with Crippen LogP contribution >= 0.6 is 34.8 Å². The molecule has 3 aromatic heterocycles. The van der Waals surface area contributed by atoms with Crippen LogP contribution in [0.4, 0.5) is 5.82 Å². The summed E-state index contributed by atoms with van der Waals surface area (Å²) in [6.07, 6.45) is 7.30. The van der Waals surface area contributed by atoms with Gasteiger partial charge in [0.2, 0.25) is 0 Å². The number of pyridine rings is 1. The molecule has 1 saturated heterocycles. The first-order valence-corrected chi connectivity index (χ1v) is 13.5.